The first-order valence-electron chi connectivity index (χ1n) is 15.2. The van der Waals surface area contributed by atoms with Crippen molar-refractivity contribution in [3.8, 4) is 0 Å². The maximum absolute atomic E-state index is 14.5. The molecule has 0 atom stereocenters. The number of rotatable bonds is 10. The highest BCUT2D eigenvalue weighted by molar-refractivity contribution is 8.16. The van der Waals surface area contributed by atoms with Crippen LogP contribution in [0, 0.1) is 0 Å². The Kier molecular flexibility index (Phi) is 10.7. The fourth-order valence-corrected chi connectivity index (χ4v) is 10.7. The van der Waals surface area contributed by atoms with Crippen LogP contribution in [0.1, 0.15) is 152 Å². The summed E-state index contributed by atoms with van der Waals surface area (Å²) in [6.07, 6.45) is 0. The summed E-state index contributed by atoms with van der Waals surface area (Å²) in [5.41, 5.74) is 5.15. The molecule has 234 valence electrons. The second kappa shape index (κ2) is 13.0. The minimum atomic E-state index is -4.22. The summed E-state index contributed by atoms with van der Waals surface area (Å²) in [5.74, 6) is 0.744. The average molecular weight is 635 g/mol. The van der Waals surface area contributed by atoms with Crippen molar-refractivity contribution in [2.45, 2.75) is 128 Å². The lowest BCUT2D eigenvalue weighted by molar-refractivity contribution is 0.535. The number of thioether (sulfide) groups is 1. The Bertz CT molecular complexity index is 1490. The first-order chi connectivity index (χ1) is 19.3. The molecule has 0 radical (unpaired) electrons. The molecule has 1 aliphatic heterocycles. The summed E-state index contributed by atoms with van der Waals surface area (Å²) in [5, 5.41) is 0.0182. The van der Waals surface area contributed by atoms with Gasteiger partial charge in [0.25, 0.3) is 20.0 Å². The number of amidine groups is 1. The number of hydrogen-bond acceptors (Lipinski definition) is 5. The molecule has 1 fully saturated rings. The smallest absolute Gasteiger partial charge is 0.243 e. The van der Waals surface area contributed by atoms with Crippen LogP contribution in [-0.4, -0.2) is 38.6 Å². The van der Waals surface area contributed by atoms with Crippen molar-refractivity contribution >= 4 is 37.0 Å². The van der Waals surface area contributed by atoms with E-state index in [1.807, 2.05) is 79.7 Å². The van der Waals surface area contributed by atoms with Crippen LogP contribution in [0.15, 0.2) is 38.5 Å². The summed E-state index contributed by atoms with van der Waals surface area (Å²) in [6.45, 7) is 24.5. The molecule has 2 aromatic carbocycles. The van der Waals surface area contributed by atoms with Crippen LogP contribution in [0.2, 0.25) is 0 Å². The molecule has 1 aliphatic rings. The van der Waals surface area contributed by atoms with Gasteiger partial charge in [0.1, 0.15) is 0 Å². The summed E-state index contributed by atoms with van der Waals surface area (Å²) in [6, 6.07) is 7.96. The summed E-state index contributed by atoms with van der Waals surface area (Å²) >= 11 is 1.18. The maximum Gasteiger partial charge on any atom is 0.285 e. The number of nitrogens with zero attached hydrogens (tertiary/aromatic N) is 2. The number of sulfonamides is 2. The fourth-order valence-electron chi connectivity index (χ4n) is 5.32. The van der Waals surface area contributed by atoms with Crippen LogP contribution in [0.25, 0.3) is 0 Å². The first-order valence-corrected chi connectivity index (χ1v) is 19.0. The molecule has 0 amide bonds. The Labute approximate surface area is 259 Å². The van der Waals surface area contributed by atoms with Crippen molar-refractivity contribution in [2.75, 3.05) is 12.3 Å². The minimum Gasteiger partial charge on any atom is -0.243 e. The van der Waals surface area contributed by atoms with Crippen molar-refractivity contribution in [1.29, 1.82) is 0 Å². The molecule has 0 aliphatic carbocycles. The zero-order valence-electron chi connectivity index (χ0n) is 27.4. The van der Waals surface area contributed by atoms with Gasteiger partial charge in [-0.25, -0.2) is 12.7 Å². The van der Waals surface area contributed by atoms with Gasteiger partial charge in [-0.1, -0.05) is 119 Å². The fraction of sp³-hybridized carbons (Fsp3) is 0.606. The van der Waals surface area contributed by atoms with Crippen molar-refractivity contribution < 1.29 is 16.8 Å². The second-order valence-electron chi connectivity index (χ2n) is 13.3. The SMILES string of the molecule is CC(C)c1cc(C(C)C)c(S(=O)(=O)N=C2SCCN2S(=O)(=O)c2c(C(C)C)cc(C(C)C)cc2C(C)C)c(C(C)C)c1. The summed E-state index contributed by atoms with van der Waals surface area (Å²) < 4.78 is 62.9. The van der Waals surface area contributed by atoms with Gasteiger partial charge in [-0.3, -0.25) is 0 Å². The molecule has 0 bridgehead atoms. The van der Waals surface area contributed by atoms with E-state index in [1.165, 1.54) is 16.1 Å². The van der Waals surface area contributed by atoms with E-state index < -0.39 is 20.0 Å². The highest BCUT2D eigenvalue weighted by Gasteiger charge is 2.38. The van der Waals surface area contributed by atoms with Gasteiger partial charge in [-0.15, -0.1) is 4.40 Å². The van der Waals surface area contributed by atoms with E-state index in [1.54, 1.807) is 0 Å². The van der Waals surface area contributed by atoms with Gasteiger partial charge in [0.15, 0.2) is 5.17 Å². The van der Waals surface area contributed by atoms with Gasteiger partial charge < -0.3 is 0 Å². The Morgan fingerprint density at radius 2 is 0.952 bits per heavy atom. The lowest BCUT2D eigenvalue weighted by Gasteiger charge is -2.27. The van der Waals surface area contributed by atoms with Gasteiger partial charge in [-0.05, 0) is 68.9 Å². The Morgan fingerprint density at radius 3 is 1.29 bits per heavy atom. The highest BCUT2D eigenvalue weighted by atomic mass is 32.2. The second-order valence-corrected chi connectivity index (χ2v) is 17.7. The minimum absolute atomic E-state index is 0.0182. The van der Waals surface area contributed by atoms with Crippen LogP contribution in [-0.2, 0) is 20.0 Å². The van der Waals surface area contributed by atoms with Crippen LogP contribution < -0.4 is 0 Å². The Balaban J connectivity index is 2.28. The third-order valence-corrected chi connectivity index (χ3v) is 12.4. The van der Waals surface area contributed by atoms with E-state index in [0.29, 0.717) is 5.75 Å². The molecule has 1 heterocycles. The molecule has 0 N–H and O–H groups in total. The predicted molar refractivity (Wildman–Crippen MR) is 178 cm³/mol. The topological polar surface area (TPSA) is 83.9 Å². The van der Waals surface area contributed by atoms with Crippen LogP contribution in [0.3, 0.4) is 0 Å². The molecule has 0 aromatic heterocycles. The van der Waals surface area contributed by atoms with Gasteiger partial charge in [0.05, 0.1) is 9.79 Å². The van der Waals surface area contributed by atoms with Gasteiger partial charge in [0.2, 0.25) is 0 Å². The first kappa shape index (κ1) is 34.6. The van der Waals surface area contributed by atoms with E-state index in [-0.39, 0.29) is 57.0 Å². The standard InChI is InChI=1S/C33H50N2O4S3/c1-19(2)25-15-27(21(5)6)31(28(16-25)22(7)8)41(36,37)34-33-35(13-14-40-33)42(38,39)32-29(23(9)10)17-26(20(3)4)18-30(32)24(11)12/h15-24H,13-14H2,1-12H3. The molecule has 2 aromatic rings. The van der Waals surface area contributed by atoms with Crippen molar-refractivity contribution in [3.63, 3.8) is 0 Å². The van der Waals surface area contributed by atoms with Gasteiger partial charge >= 0.3 is 0 Å². The molecule has 0 unspecified atom stereocenters. The van der Waals surface area contributed by atoms with Crippen molar-refractivity contribution in [3.05, 3.63) is 57.6 Å². The number of benzene rings is 2. The lowest BCUT2D eigenvalue weighted by Crippen LogP contribution is -2.34. The van der Waals surface area contributed by atoms with Crippen molar-refractivity contribution in [1.82, 2.24) is 4.31 Å². The molecule has 6 nitrogen and oxygen atoms in total. The largest absolute Gasteiger partial charge is 0.285 e. The van der Waals surface area contributed by atoms with Gasteiger partial charge in [0, 0.05) is 12.3 Å². The normalized spacial score (nSPS) is 16.0. The molecular weight excluding hydrogens is 585 g/mol. The molecule has 0 saturated carbocycles. The summed E-state index contributed by atoms with van der Waals surface area (Å²) in [7, 11) is -8.31. The van der Waals surface area contributed by atoms with Crippen LogP contribution in [0.5, 0.6) is 0 Å². The molecule has 9 heteroatoms. The van der Waals surface area contributed by atoms with E-state index in [9.17, 15) is 16.8 Å². The molecule has 1 saturated heterocycles. The molecule has 3 rings (SSSR count). The number of hydrogen-bond donors (Lipinski definition) is 0. The average Bonchev–Trinajstić information content (AvgIpc) is 3.34. The summed E-state index contributed by atoms with van der Waals surface area (Å²) in [4.78, 5) is 0.498. The van der Waals surface area contributed by atoms with Crippen LogP contribution in [0.4, 0.5) is 0 Å². The lowest BCUT2D eigenvalue weighted by atomic mass is 9.89. The van der Waals surface area contributed by atoms with E-state index in [4.69, 9.17) is 0 Å². The Hall–Kier alpha value is -1.84. The predicted octanol–water partition coefficient (Wildman–Crippen LogP) is 8.91. The van der Waals surface area contributed by atoms with Crippen LogP contribution >= 0.6 is 11.8 Å². The zero-order valence-corrected chi connectivity index (χ0v) is 29.9. The molecule has 42 heavy (non-hydrogen) atoms. The molecule has 0 spiro atoms. The van der Waals surface area contributed by atoms with E-state index in [0.717, 1.165) is 33.4 Å². The van der Waals surface area contributed by atoms with E-state index >= 15 is 0 Å². The van der Waals surface area contributed by atoms with E-state index in [2.05, 4.69) is 32.1 Å². The third-order valence-electron chi connectivity index (χ3n) is 7.90. The van der Waals surface area contributed by atoms with Gasteiger partial charge in [-0.2, -0.15) is 8.42 Å². The monoisotopic (exact) mass is 634 g/mol. The Morgan fingerprint density at radius 1 is 0.595 bits per heavy atom. The molecular formula is C33H50N2O4S3. The zero-order chi connectivity index (χ0) is 31.9. The van der Waals surface area contributed by atoms with Crippen molar-refractivity contribution in [2.24, 2.45) is 4.40 Å². The highest BCUT2D eigenvalue weighted by Crippen LogP contribution is 2.40. The quantitative estimate of drug-likeness (QED) is 0.261. The third kappa shape index (κ3) is 6.94. The maximum atomic E-state index is 14.5.